The largest absolute Gasteiger partial charge is 0.340 e. The molecule has 2 heterocycles. The molecule has 0 unspecified atom stereocenters. The van der Waals surface area contributed by atoms with Gasteiger partial charge >= 0.3 is 0 Å². The van der Waals surface area contributed by atoms with Gasteiger partial charge in [-0.05, 0) is 20.3 Å². The van der Waals surface area contributed by atoms with Gasteiger partial charge in [-0.2, -0.15) is 0 Å². The van der Waals surface area contributed by atoms with Crippen molar-refractivity contribution in [3.05, 3.63) is 11.9 Å². The van der Waals surface area contributed by atoms with Gasteiger partial charge in [0, 0.05) is 38.4 Å². The van der Waals surface area contributed by atoms with E-state index in [2.05, 4.69) is 41.8 Å². The minimum Gasteiger partial charge on any atom is -0.340 e. The van der Waals surface area contributed by atoms with Gasteiger partial charge in [0.1, 0.15) is 0 Å². The quantitative estimate of drug-likeness (QED) is 0.840. The molecule has 2 rings (SSSR count). The van der Waals surface area contributed by atoms with Crippen LogP contribution in [0, 0.1) is 0 Å². The Labute approximate surface area is 97.7 Å². The number of piperazine rings is 1. The highest BCUT2D eigenvalue weighted by Gasteiger charge is 2.18. The molecule has 1 aromatic heterocycles. The fourth-order valence-corrected chi connectivity index (χ4v) is 2.08. The maximum atomic E-state index is 4.73. The second kappa shape index (κ2) is 4.87. The van der Waals surface area contributed by atoms with Gasteiger partial charge in [-0.25, -0.2) is 4.98 Å². The van der Waals surface area contributed by atoms with E-state index in [1.165, 1.54) is 5.69 Å². The van der Waals surface area contributed by atoms with Crippen molar-refractivity contribution >= 4 is 5.95 Å². The van der Waals surface area contributed by atoms with Crippen molar-refractivity contribution in [1.82, 2.24) is 14.9 Å². The van der Waals surface area contributed by atoms with Crippen LogP contribution in [0.2, 0.25) is 0 Å². The number of aromatic nitrogens is 2. The number of imidazole rings is 1. The first-order chi connectivity index (χ1) is 7.72. The highest BCUT2D eigenvalue weighted by Crippen LogP contribution is 2.20. The second-order valence-electron chi connectivity index (χ2n) is 4.62. The van der Waals surface area contributed by atoms with E-state index in [0.29, 0.717) is 6.04 Å². The smallest absolute Gasteiger partial charge is 0.206 e. The van der Waals surface area contributed by atoms with Crippen LogP contribution in [-0.2, 0) is 6.42 Å². The van der Waals surface area contributed by atoms with E-state index in [9.17, 15) is 0 Å². The lowest BCUT2D eigenvalue weighted by Gasteiger charge is -2.29. The van der Waals surface area contributed by atoms with Crippen molar-refractivity contribution in [1.29, 1.82) is 0 Å². The number of nitrogens with one attached hydrogen (secondary N) is 1. The summed E-state index contributed by atoms with van der Waals surface area (Å²) in [5.74, 6) is 1.15. The molecular formula is C12H22N4. The van der Waals surface area contributed by atoms with Crippen molar-refractivity contribution in [2.75, 3.05) is 31.1 Å². The summed E-state index contributed by atoms with van der Waals surface area (Å²) in [6.45, 7) is 10.8. The van der Waals surface area contributed by atoms with E-state index in [0.717, 1.165) is 38.5 Å². The summed E-state index contributed by atoms with van der Waals surface area (Å²) in [5.41, 5.74) is 1.20. The van der Waals surface area contributed by atoms with Crippen LogP contribution < -0.4 is 10.2 Å². The molecule has 0 aromatic carbocycles. The van der Waals surface area contributed by atoms with Gasteiger partial charge in [-0.3, -0.25) is 0 Å². The minimum atomic E-state index is 0.484. The van der Waals surface area contributed by atoms with E-state index in [4.69, 9.17) is 4.98 Å². The molecule has 4 heteroatoms. The minimum absolute atomic E-state index is 0.484. The van der Waals surface area contributed by atoms with Crippen LogP contribution in [0.25, 0.3) is 0 Å². The number of hydrogen-bond acceptors (Lipinski definition) is 3. The summed E-state index contributed by atoms with van der Waals surface area (Å²) in [6.07, 6.45) is 3.21. The predicted molar refractivity (Wildman–Crippen MR) is 67.1 cm³/mol. The van der Waals surface area contributed by atoms with Crippen LogP contribution in [0.1, 0.15) is 32.5 Å². The first-order valence-electron chi connectivity index (χ1n) is 6.25. The Morgan fingerprint density at radius 2 is 2.06 bits per heavy atom. The SMILES string of the molecule is CCc1cn(C(C)C)c(N2CCNCC2)n1. The van der Waals surface area contributed by atoms with E-state index in [1.54, 1.807) is 0 Å². The van der Waals surface area contributed by atoms with Crippen LogP contribution in [0.15, 0.2) is 6.20 Å². The number of aryl methyl sites for hydroxylation is 1. The molecule has 0 aliphatic carbocycles. The third-order valence-electron chi connectivity index (χ3n) is 3.08. The Hall–Kier alpha value is -1.03. The Balaban J connectivity index is 2.26. The topological polar surface area (TPSA) is 33.1 Å². The van der Waals surface area contributed by atoms with Crippen LogP contribution in [0.4, 0.5) is 5.95 Å². The molecule has 0 saturated carbocycles. The molecule has 1 aliphatic rings. The summed E-state index contributed by atoms with van der Waals surface area (Å²) in [5, 5.41) is 3.38. The molecule has 0 spiro atoms. The molecular weight excluding hydrogens is 200 g/mol. The van der Waals surface area contributed by atoms with Gasteiger partial charge in [-0.15, -0.1) is 0 Å². The molecule has 1 aromatic rings. The number of anilines is 1. The lowest BCUT2D eigenvalue weighted by molar-refractivity contribution is 0.541. The summed E-state index contributed by atoms with van der Waals surface area (Å²) < 4.78 is 2.30. The van der Waals surface area contributed by atoms with Crippen LogP contribution in [0.3, 0.4) is 0 Å². The standard InChI is InChI=1S/C12H22N4/c1-4-11-9-16(10(2)3)12(14-11)15-7-5-13-6-8-15/h9-10,13H,4-8H2,1-3H3. The van der Waals surface area contributed by atoms with Crippen molar-refractivity contribution in [3.63, 3.8) is 0 Å². The predicted octanol–water partition coefficient (Wildman–Crippen LogP) is 1.44. The Morgan fingerprint density at radius 3 is 2.62 bits per heavy atom. The average molecular weight is 222 g/mol. The third kappa shape index (κ3) is 2.21. The molecule has 0 bridgehead atoms. The van der Waals surface area contributed by atoms with E-state index >= 15 is 0 Å². The fraction of sp³-hybridized carbons (Fsp3) is 0.750. The zero-order valence-electron chi connectivity index (χ0n) is 10.5. The molecule has 90 valence electrons. The van der Waals surface area contributed by atoms with Gasteiger partial charge < -0.3 is 14.8 Å². The Bertz CT molecular complexity index is 337. The highest BCUT2D eigenvalue weighted by molar-refractivity contribution is 5.35. The van der Waals surface area contributed by atoms with Crippen molar-refractivity contribution < 1.29 is 0 Å². The van der Waals surface area contributed by atoms with Crippen LogP contribution in [-0.4, -0.2) is 35.7 Å². The van der Waals surface area contributed by atoms with Crippen molar-refractivity contribution in [2.45, 2.75) is 33.2 Å². The lowest BCUT2D eigenvalue weighted by Crippen LogP contribution is -2.44. The van der Waals surface area contributed by atoms with Crippen LogP contribution in [0.5, 0.6) is 0 Å². The monoisotopic (exact) mass is 222 g/mol. The van der Waals surface area contributed by atoms with E-state index in [1.807, 2.05) is 0 Å². The molecule has 1 N–H and O–H groups in total. The van der Waals surface area contributed by atoms with Crippen LogP contribution >= 0.6 is 0 Å². The fourth-order valence-electron chi connectivity index (χ4n) is 2.08. The van der Waals surface area contributed by atoms with Gasteiger partial charge in [0.05, 0.1) is 5.69 Å². The van der Waals surface area contributed by atoms with Gasteiger partial charge in [0.25, 0.3) is 0 Å². The molecule has 4 nitrogen and oxygen atoms in total. The summed E-state index contributed by atoms with van der Waals surface area (Å²) >= 11 is 0. The maximum absolute atomic E-state index is 4.73. The Kier molecular flexibility index (Phi) is 3.49. The lowest BCUT2D eigenvalue weighted by atomic mass is 10.3. The molecule has 16 heavy (non-hydrogen) atoms. The van der Waals surface area contributed by atoms with Crippen molar-refractivity contribution in [2.24, 2.45) is 0 Å². The van der Waals surface area contributed by atoms with Gasteiger partial charge in [0.15, 0.2) is 0 Å². The maximum Gasteiger partial charge on any atom is 0.206 e. The van der Waals surface area contributed by atoms with Gasteiger partial charge in [-0.1, -0.05) is 6.92 Å². The average Bonchev–Trinajstić information content (AvgIpc) is 2.74. The number of nitrogens with zero attached hydrogens (tertiary/aromatic N) is 3. The molecule has 0 amide bonds. The number of rotatable bonds is 3. The summed E-state index contributed by atoms with van der Waals surface area (Å²) in [7, 11) is 0. The summed E-state index contributed by atoms with van der Waals surface area (Å²) in [6, 6.07) is 0.484. The zero-order valence-corrected chi connectivity index (χ0v) is 10.5. The summed E-state index contributed by atoms with van der Waals surface area (Å²) in [4.78, 5) is 7.12. The van der Waals surface area contributed by atoms with E-state index < -0.39 is 0 Å². The number of hydrogen-bond donors (Lipinski definition) is 1. The normalized spacial score (nSPS) is 17.1. The molecule has 1 fully saturated rings. The van der Waals surface area contributed by atoms with Gasteiger partial charge in [0.2, 0.25) is 5.95 Å². The third-order valence-corrected chi connectivity index (χ3v) is 3.08. The molecule has 1 aliphatic heterocycles. The first kappa shape index (κ1) is 11.5. The zero-order chi connectivity index (χ0) is 11.5. The first-order valence-corrected chi connectivity index (χ1v) is 6.25. The second-order valence-corrected chi connectivity index (χ2v) is 4.62. The molecule has 1 saturated heterocycles. The highest BCUT2D eigenvalue weighted by atomic mass is 15.3. The molecule has 0 radical (unpaired) electrons. The molecule has 0 atom stereocenters. The van der Waals surface area contributed by atoms with E-state index in [-0.39, 0.29) is 0 Å². The Morgan fingerprint density at radius 1 is 1.38 bits per heavy atom. The van der Waals surface area contributed by atoms with Crippen molar-refractivity contribution in [3.8, 4) is 0 Å².